The first-order chi connectivity index (χ1) is 17.5. The molecular formula is C34H29NO. The molecule has 0 spiro atoms. The van der Waals surface area contributed by atoms with Gasteiger partial charge in [0.25, 0.3) is 0 Å². The third-order valence-corrected chi connectivity index (χ3v) is 7.33. The molecule has 1 aromatic heterocycles. The predicted octanol–water partition coefficient (Wildman–Crippen LogP) is 9.68. The van der Waals surface area contributed by atoms with E-state index in [9.17, 15) is 0 Å². The summed E-state index contributed by atoms with van der Waals surface area (Å²) in [6, 6.07) is 30.3. The van der Waals surface area contributed by atoms with E-state index in [2.05, 4.69) is 116 Å². The van der Waals surface area contributed by atoms with Crippen LogP contribution in [0.1, 0.15) is 31.9 Å². The van der Waals surface area contributed by atoms with E-state index < -0.39 is 0 Å². The Hall–Kier alpha value is -4.30. The third kappa shape index (κ3) is 3.33. The molecule has 0 saturated carbocycles. The summed E-state index contributed by atoms with van der Waals surface area (Å²) < 4.78 is 6.11. The quantitative estimate of drug-likeness (QED) is 0.239. The summed E-state index contributed by atoms with van der Waals surface area (Å²) in [5.74, 6) is 0. The monoisotopic (exact) mass is 467 g/mol. The molecule has 1 aliphatic carbocycles. The normalized spacial score (nSPS) is 14.4. The lowest BCUT2D eigenvalue weighted by Crippen LogP contribution is -2.17. The van der Waals surface area contributed by atoms with Gasteiger partial charge in [-0.25, -0.2) is 0 Å². The Morgan fingerprint density at radius 2 is 1.47 bits per heavy atom. The summed E-state index contributed by atoms with van der Waals surface area (Å²) in [6.45, 7) is 10.7. The Kier molecular flexibility index (Phi) is 5.19. The van der Waals surface area contributed by atoms with Gasteiger partial charge < -0.3 is 9.32 Å². The van der Waals surface area contributed by atoms with Gasteiger partial charge in [0, 0.05) is 33.3 Å². The van der Waals surface area contributed by atoms with E-state index in [1.54, 1.807) is 0 Å². The lowest BCUT2D eigenvalue weighted by molar-refractivity contribution is 0.660. The first-order valence-electron chi connectivity index (χ1n) is 12.4. The smallest absolute Gasteiger partial charge is 0.135 e. The first kappa shape index (κ1) is 22.2. The van der Waals surface area contributed by atoms with Crippen LogP contribution in [0.15, 0.2) is 126 Å². The summed E-state index contributed by atoms with van der Waals surface area (Å²) >= 11 is 0. The molecule has 0 unspecified atom stereocenters. The molecule has 0 radical (unpaired) electrons. The van der Waals surface area contributed by atoms with Gasteiger partial charge in [0.2, 0.25) is 0 Å². The van der Waals surface area contributed by atoms with Crippen molar-refractivity contribution in [2.24, 2.45) is 0 Å². The molecule has 0 amide bonds. The molecule has 4 aromatic carbocycles. The van der Waals surface area contributed by atoms with Crippen molar-refractivity contribution >= 4 is 33.3 Å². The minimum Gasteiger partial charge on any atom is -0.456 e. The van der Waals surface area contributed by atoms with Gasteiger partial charge >= 0.3 is 0 Å². The van der Waals surface area contributed by atoms with Crippen molar-refractivity contribution in [2.45, 2.75) is 26.2 Å². The molecule has 0 N–H and O–H groups in total. The van der Waals surface area contributed by atoms with Crippen molar-refractivity contribution in [2.75, 3.05) is 4.90 Å². The largest absolute Gasteiger partial charge is 0.456 e. The van der Waals surface area contributed by atoms with Crippen molar-refractivity contribution in [3.8, 4) is 11.1 Å². The lowest BCUT2D eigenvalue weighted by atomic mass is 9.82. The Morgan fingerprint density at radius 3 is 2.31 bits per heavy atom. The number of fused-ring (bicyclic) bond motifs is 6. The Balaban J connectivity index is 1.59. The minimum atomic E-state index is -0.0208. The fourth-order valence-electron chi connectivity index (χ4n) is 5.64. The van der Waals surface area contributed by atoms with Crippen LogP contribution in [-0.2, 0) is 5.41 Å². The molecule has 176 valence electrons. The predicted molar refractivity (Wildman–Crippen MR) is 153 cm³/mol. The number of anilines is 2. The maximum atomic E-state index is 6.11. The van der Waals surface area contributed by atoms with Crippen molar-refractivity contribution in [1.82, 2.24) is 0 Å². The van der Waals surface area contributed by atoms with Crippen LogP contribution in [-0.4, -0.2) is 0 Å². The molecule has 1 heterocycles. The number of benzene rings is 4. The van der Waals surface area contributed by atoms with Gasteiger partial charge in [-0.2, -0.15) is 0 Å². The lowest BCUT2D eigenvalue weighted by Gasteiger charge is -2.28. The summed E-state index contributed by atoms with van der Waals surface area (Å²) in [6.07, 6.45) is 8.10. The molecule has 2 nitrogen and oxygen atoms in total. The summed E-state index contributed by atoms with van der Waals surface area (Å²) in [4.78, 5) is 2.30. The number of para-hydroxylation sites is 1. The second-order valence-electron chi connectivity index (χ2n) is 9.84. The molecule has 2 heteroatoms. The second kappa shape index (κ2) is 8.42. The van der Waals surface area contributed by atoms with Gasteiger partial charge in [0.15, 0.2) is 0 Å². The molecule has 1 aliphatic rings. The average Bonchev–Trinajstić information content (AvgIpc) is 3.37. The fourth-order valence-corrected chi connectivity index (χ4v) is 5.64. The first-order valence-corrected chi connectivity index (χ1v) is 12.4. The van der Waals surface area contributed by atoms with Gasteiger partial charge in [-0.05, 0) is 77.7 Å². The number of allylic oxidation sites excluding steroid dienone is 4. The summed E-state index contributed by atoms with van der Waals surface area (Å²) in [5.41, 5.74) is 10.4. The van der Waals surface area contributed by atoms with Crippen LogP contribution in [0.25, 0.3) is 33.1 Å². The van der Waals surface area contributed by atoms with Gasteiger partial charge in [0.05, 0.1) is 0 Å². The van der Waals surface area contributed by atoms with Gasteiger partial charge in [-0.1, -0.05) is 81.1 Å². The number of hydrogen-bond donors (Lipinski definition) is 0. The van der Waals surface area contributed by atoms with Gasteiger partial charge in [-0.3, -0.25) is 0 Å². The summed E-state index contributed by atoms with van der Waals surface area (Å²) in [5, 5.41) is 2.23. The van der Waals surface area contributed by atoms with E-state index in [-0.39, 0.29) is 5.41 Å². The highest BCUT2D eigenvalue weighted by molar-refractivity contribution is 6.06. The third-order valence-electron chi connectivity index (χ3n) is 7.33. The van der Waals surface area contributed by atoms with Crippen LogP contribution in [0.5, 0.6) is 0 Å². The van der Waals surface area contributed by atoms with Crippen LogP contribution < -0.4 is 4.90 Å². The van der Waals surface area contributed by atoms with Crippen LogP contribution in [0.4, 0.5) is 11.4 Å². The average molecular weight is 468 g/mol. The highest BCUT2D eigenvalue weighted by atomic mass is 16.3. The molecule has 0 fully saturated rings. The fraction of sp³-hybridized carbons (Fsp3) is 0.118. The Morgan fingerprint density at radius 1 is 0.778 bits per heavy atom. The van der Waals surface area contributed by atoms with Crippen molar-refractivity contribution in [3.05, 3.63) is 133 Å². The van der Waals surface area contributed by atoms with E-state index in [1.165, 1.54) is 22.3 Å². The van der Waals surface area contributed by atoms with Gasteiger partial charge in [-0.15, -0.1) is 0 Å². The number of nitrogens with zero attached hydrogens (tertiary/aromatic N) is 1. The Bertz CT molecular complexity index is 1700. The zero-order valence-corrected chi connectivity index (χ0v) is 21.0. The minimum absolute atomic E-state index is 0.0208. The zero-order valence-electron chi connectivity index (χ0n) is 21.0. The molecule has 5 aromatic rings. The topological polar surface area (TPSA) is 16.4 Å². The maximum absolute atomic E-state index is 6.11. The molecule has 0 saturated heterocycles. The van der Waals surface area contributed by atoms with Crippen LogP contribution in [0.3, 0.4) is 0 Å². The van der Waals surface area contributed by atoms with E-state index in [1.807, 2.05) is 25.1 Å². The highest BCUT2D eigenvalue weighted by Gasteiger charge is 2.35. The van der Waals surface area contributed by atoms with Gasteiger partial charge in [0.1, 0.15) is 11.2 Å². The van der Waals surface area contributed by atoms with Crippen molar-refractivity contribution < 1.29 is 4.42 Å². The molecule has 36 heavy (non-hydrogen) atoms. The van der Waals surface area contributed by atoms with Crippen LogP contribution in [0.2, 0.25) is 0 Å². The Labute approximate surface area is 212 Å². The van der Waals surface area contributed by atoms with Crippen LogP contribution in [0, 0.1) is 0 Å². The molecule has 0 atom stereocenters. The van der Waals surface area contributed by atoms with Crippen molar-refractivity contribution in [1.29, 1.82) is 0 Å². The molecule has 6 rings (SSSR count). The number of furan rings is 1. The SMILES string of the molecule is C=C/C=C(\C=C/C)N(c1ccc2c(c1)-c1ccccc1C2(C)C)c1ccc2oc3ccccc3c2c1. The number of hydrogen-bond acceptors (Lipinski definition) is 2. The molecule has 0 aliphatic heterocycles. The zero-order chi connectivity index (χ0) is 24.9. The van der Waals surface area contributed by atoms with Crippen LogP contribution >= 0.6 is 0 Å². The van der Waals surface area contributed by atoms with E-state index in [0.29, 0.717) is 0 Å². The van der Waals surface area contributed by atoms with E-state index in [0.717, 1.165) is 39.0 Å². The standard InChI is InChI=1S/C34H29NO/c1-5-11-23(12-6-2)35(25-18-20-33-29(22-25)27-14-8-10-16-32(27)36-33)24-17-19-31-28(21-24)26-13-7-9-15-30(26)34(31,3)4/h5-22H,1H2,2-4H3/b12-6-,23-11+. The second-order valence-corrected chi connectivity index (χ2v) is 9.84. The van der Waals surface area contributed by atoms with E-state index in [4.69, 9.17) is 4.42 Å². The molecular weight excluding hydrogens is 438 g/mol. The number of rotatable bonds is 5. The summed E-state index contributed by atoms with van der Waals surface area (Å²) in [7, 11) is 0. The van der Waals surface area contributed by atoms with Crippen molar-refractivity contribution in [3.63, 3.8) is 0 Å². The molecule has 0 bridgehead atoms. The highest BCUT2D eigenvalue weighted by Crippen LogP contribution is 2.50. The van der Waals surface area contributed by atoms with E-state index >= 15 is 0 Å². The maximum Gasteiger partial charge on any atom is 0.135 e.